The van der Waals surface area contributed by atoms with Crippen molar-refractivity contribution in [1.29, 1.82) is 5.26 Å². The molecule has 0 spiro atoms. The standard InChI is InChI=1S/C15H18N4O4S/c1-11(17)13(8-16)14(20)10-18-9-12(4-5-15(18)21)24(22,23)19-6-2-3-7-19/h4-5,9H,2-3,6-7,10,17H2,1H3. The zero-order valence-electron chi connectivity index (χ0n) is 13.2. The molecule has 0 bridgehead atoms. The highest BCUT2D eigenvalue weighted by Crippen LogP contribution is 2.19. The van der Waals surface area contributed by atoms with Gasteiger partial charge in [0.05, 0.1) is 11.4 Å². The number of rotatable bonds is 5. The highest BCUT2D eigenvalue weighted by atomic mass is 32.2. The van der Waals surface area contributed by atoms with Gasteiger partial charge in [-0.3, -0.25) is 9.59 Å². The van der Waals surface area contributed by atoms with Gasteiger partial charge in [0.2, 0.25) is 10.0 Å². The fourth-order valence-electron chi connectivity index (χ4n) is 2.47. The lowest BCUT2D eigenvalue weighted by atomic mass is 10.1. The lowest BCUT2D eigenvalue weighted by Crippen LogP contribution is -2.30. The summed E-state index contributed by atoms with van der Waals surface area (Å²) in [5.41, 5.74) is 4.75. The lowest BCUT2D eigenvalue weighted by Gasteiger charge is -2.16. The lowest BCUT2D eigenvalue weighted by molar-refractivity contribution is -0.115. The first-order valence-corrected chi connectivity index (χ1v) is 8.81. The molecule has 0 unspecified atom stereocenters. The third kappa shape index (κ3) is 3.55. The molecule has 1 fully saturated rings. The van der Waals surface area contributed by atoms with Crippen LogP contribution in [0.4, 0.5) is 0 Å². The second-order valence-corrected chi connectivity index (χ2v) is 7.47. The van der Waals surface area contributed by atoms with Crippen molar-refractivity contribution in [2.24, 2.45) is 5.73 Å². The molecule has 1 aliphatic rings. The van der Waals surface area contributed by atoms with Crippen LogP contribution in [0.2, 0.25) is 0 Å². The third-order valence-electron chi connectivity index (χ3n) is 3.76. The number of hydrogen-bond acceptors (Lipinski definition) is 6. The van der Waals surface area contributed by atoms with Crippen molar-refractivity contribution in [3.8, 4) is 6.07 Å². The Balaban J connectivity index is 2.37. The van der Waals surface area contributed by atoms with Crippen molar-refractivity contribution >= 4 is 15.8 Å². The first-order valence-electron chi connectivity index (χ1n) is 7.37. The Morgan fingerprint density at radius 2 is 1.96 bits per heavy atom. The fraction of sp³-hybridized carbons (Fsp3) is 0.400. The van der Waals surface area contributed by atoms with Crippen LogP contribution in [0.5, 0.6) is 0 Å². The first-order chi connectivity index (χ1) is 11.3. The Morgan fingerprint density at radius 3 is 2.50 bits per heavy atom. The number of sulfonamides is 1. The molecule has 128 valence electrons. The summed E-state index contributed by atoms with van der Waals surface area (Å²) in [6.07, 6.45) is 2.72. The molecule has 0 radical (unpaired) electrons. The van der Waals surface area contributed by atoms with E-state index < -0.39 is 27.9 Å². The Kier molecular flexibility index (Phi) is 5.21. The van der Waals surface area contributed by atoms with E-state index in [2.05, 4.69) is 0 Å². The van der Waals surface area contributed by atoms with Gasteiger partial charge in [-0.15, -0.1) is 0 Å². The van der Waals surface area contributed by atoms with E-state index in [0.29, 0.717) is 13.1 Å². The maximum absolute atomic E-state index is 12.5. The van der Waals surface area contributed by atoms with Crippen LogP contribution in [0.3, 0.4) is 0 Å². The van der Waals surface area contributed by atoms with Crippen LogP contribution in [0.15, 0.2) is 39.3 Å². The molecule has 1 aliphatic heterocycles. The Labute approximate surface area is 139 Å². The summed E-state index contributed by atoms with van der Waals surface area (Å²) in [5, 5.41) is 8.94. The summed E-state index contributed by atoms with van der Waals surface area (Å²) < 4.78 is 27.4. The molecule has 24 heavy (non-hydrogen) atoms. The number of carbonyl (C=O) groups excluding carboxylic acids is 1. The van der Waals surface area contributed by atoms with Gasteiger partial charge in [-0.1, -0.05) is 0 Å². The Hall–Kier alpha value is -2.44. The number of carbonyl (C=O) groups is 1. The Bertz CT molecular complexity index is 883. The molecule has 0 aromatic carbocycles. The summed E-state index contributed by atoms with van der Waals surface area (Å²) in [6, 6.07) is 4.02. The number of nitriles is 1. The highest BCUT2D eigenvalue weighted by molar-refractivity contribution is 7.89. The number of Topliss-reactive ketones (excluding diaryl/α,β-unsaturated/α-hetero) is 1. The van der Waals surface area contributed by atoms with Gasteiger partial charge in [-0.2, -0.15) is 9.57 Å². The van der Waals surface area contributed by atoms with Gasteiger partial charge in [0, 0.05) is 31.0 Å². The van der Waals surface area contributed by atoms with E-state index in [-0.39, 0.29) is 16.2 Å². The van der Waals surface area contributed by atoms with Gasteiger partial charge in [0.15, 0.2) is 5.78 Å². The largest absolute Gasteiger partial charge is 0.401 e. The topological polar surface area (TPSA) is 126 Å². The maximum Gasteiger partial charge on any atom is 0.251 e. The number of nitrogens with zero attached hydrogens (tertiary/aromatic N) is 3. The summed E-state index contributed by atoms with van der Waals surface area (Å²) in [4.78, 5) is 23.9. The minimum Gasteiger partial charge on any atom is -0.401 e. The van der Waals surface area contributed by atoms with Crippen molar-refractivity contribution in [2.75, 3.05) is 13.1 Å². The van der Waals surface area contributed by atoms with Crippen LogP contribution in [0, 0.1) is 11.3 Å². The summed E-state index contributed by atoms with van der Waals surface area (Å²) in [7, 11) is -3.70. The number of ketones is 1. The molecule has 1 saturated heterocycles. The van der Waals surface area contributed by atoms with E-state index in [4.69, 9.17) is 11.0 Å². The minimum atomic E-state index is -3.70. The van der Waals surface area contributed by atoms with Gasteiger partial charge in [0.1, 0.15) is 11.6 Å². The summed E-state index contributed by atoms with van der Waals surface area (Å²) >= 11 is 0. The second kappa shape index (κ2) is 6.98. The molecular formula is C15H18N4O4S. The number of pyridine rings is 1. The molecule has 0 atom stereocenters. The van der Waals surface area contributed by atoms with Crippen molar-refractivity contribution in [3.05, 3.63) is 40.0 Å². The normalized spacial score (nSPS) is 16.5. The van der Waals surface area contributed by atoms with E-state index in [0.717, 1.165) is 29.7 Å². The van der Waals surface area contributed by atoms with Crippen LogP contribution < -0.4 is 11.3 Å². The molecule has 8 nitrogen and oxygen atoms in total. The average Bonchev–Trinajstić information content (AvgIpc) is 3.04. The van der Waals surface area contributed by atoms with Crippen LogP contribution in [-0.4, -0.2) is 36.2 Å². The van der Waals surface area contributed by atoms with Crippen molar-refractivity contribution in [2.45, 2.75) is 31.2 Å². The maximum atomic E-state index is 12.5. The molecule has 0 amide bonds. The fourth-order valence-corrected chi connectivity index (χ4v) is 4.00. The van der Waals surface area contributed by atoms with Gasteiger partial charge in [-0.25, -0.2) is 8.42 Å². The summed E-state index contributed by atoms with van der Waals surface area (Å²) in [5.74, 6) is -0.643. The van der Waals surface area contributed by atoms with E-state index in [1.54, 1.807) is 6.07 Å². The Morgan fingerprint density at radius 1 is 1.33 bits per heavy atom. The molecule has 2 heterocycles. The monoisotopic (exact) mass is 350 g/mol. The van der Waals surface area contributed by atoms with Crippen LogP contribution in [-0.2, 0) is 21.4 Å². The summed E-state index contributed by atoms with van der Waals surface area (Å²) in [6.45, 7) is 1.84. The molecule has 1 aromatic rings. The number of aromatic nitrogens is 1. The predicted molar refractivity (Wildman–Crippen MR) is 86.2 cm³/mol. The smallest absolute Gasteiger partial charge is 0.251 e. The van der Waals surface area contributed by atoms with Gasteiger partial charge >= 0.3 is 0 Å². The number of allylic oxidation sites excluding steroid dienone is 2. The predicted octanol–water partition coefficient (Wildman–Crippen LogP) is -0.0418. The molecule has 9 heteroatoms. The zero-order chi connectivity index (χ0) is 17.9. The van der Waals surface area contributed by atoms with E-state index in [9.17, 15) is 18.0 Å². The van der Waals surface area contributed by atoms with E-state index >= 15 is 0 Å². The minimum absolute atomic E-state index is 0.0521. The SMILES string of the molecule is CC(N)=C(C#N)C(=O)Cn1cc(S(=O)(=O)N2CCCC2)ccc1=O. The van der Waals surface area contributed by atoms with E-state index in [1.807, 2.05) is 0 Å². The highest BCUT2D eigenvalue weighted by Gasteiger charge is 2.27. The quantitative estimate of drug-likeness (QED) is 0.586. The third-order valence-corrected chi connectivity index (χ3v) is 5.64. The first kappa shape index (κ1) is 17.9. The number of hydrogen-bond donors (Lipinski definition) is 1. The average molecular weight is 350 g/mol. The van der Waals surface area contributed by atoms with Crippen LogP contribution >= 0.6 is 0 Å². The zero-order valence-corrected chi connectivity index (χ0v) is 14.0. The van der Waals surface area contributed by atoms with Crippen molar-refractivity contribution < 1.29 is 13.2 Å². The molecule has 2 N–H and O–H groups in total. The molecule has 0 aliphatic carbocycles. The molecule has 0 saturated carbocycles. The van der Waals surface area contributed by atoms with Gasteiger partial charge in [-0.05, 0) is 25.8 Å². The van der Waals surface area contributed by atoms with E-state index in [1.165, 1.54) is 17.3 Å². The van der Waals surface area contributed by atoms with Gasteiger partial charge in [0.25, 0.3) is 5.56 Å². The van der Waals surface area contributed by atoms with Crippen LogP contribution in [0.25, 0.3) is 0 Å². The molecular weight excluding hydrogens is 332 g/mol. The molecule has 1 aromatic heterocycles. The van der Waals surface area contributed by atoms with Gasteiger partial charge < -0.3 is 10.3 Å². The molecule has 2 rings (SSSR count). The number of nitrogens with two attached hydrogens (primary N) is 1. The van der Waals surface area contributed by atoms with Crippen molar-refractivity contribution in [3.63, 3.8) is 0 Å². The second-order valence-electron chi connectivity index (χ2n) is 5.54. The van der Waals surface area contributed by atoms with Crippen molar-refractivity contribution in [1.82, 2.24) is 8.87 Å². The van der Waals surface area contributed by atoms with Crippen LogP contribution in [0.1, 0.15) is 19.8 Å².